The highest BCUT2D eigenvalue weighted by Gasteiger charge is 2.34. The van der Waals surface area contributed by atoms with E-state index in [4.69, 9.17) is 0 Å². The van der Waals surface area contributed by atoms with Gasteiger partial charge in [0.15, 0.2) is 0 Å². The molecule has 3 aromatic rings. The Morgan fingerprint density at radius 2 is 1.91 bits per heavy atom. The third kappa shape index (κ3) is 3.34. The number of alkyl halides is 3. The zero-order valence-corrected chi connectivity index (χ0v) is 17.7. The minimum atomic E-state index is -4.58. The lowest BCUT2D eigenvalue weighted by molar-refractivity contribution is -0.137. The monoisotopic (exact) mass is 465 g/mol. The van der Waals surface area contributed by atoms with Crippen LogP contribution in [-0.2, 0) is 36.2 Å². The molecule has 5 rings (SSSR count). The van der Waals surface area contributed by atoms with Crippen molar-refractivity contribution in [2.75, 3.05) is 18.0 Å². The molecule has 1 aromatic heterocycles. The van der Waals surface area contributed by atoms with Crippen LogP contribution in [0, 0.1) is 0 Å². The molecular formula is C20H18F3N5O3S. The Morgan fingerprint density at radius 3 is 2.62 bits per heavy atom. The highest BCUT2D eigenvalue weighted by Crippen LogP contribution is 2.44. The molecule has 2 aliphatic rings. The van der Waals surface area contributed by atoms with Crippen LogP contribution in [0.5, 0.6) is 0 Å². The summed E-state index contributed by atoms with van der Waals surface area (Å²) in [5, 5.41) is 8.09. The summed E-state index contributed by atoms with van der Waals surface area (Å²) in [7, 11) is -3.08. The van der Waals surface area contributed by atoms with E-state index in [0.29, 0.717) is 24.0 Å². The zero-order valence-electron chi connectivity index (χ0n) is 16.9. The molecule has 8 nitrogen and oxygen atoms in total. The van der Waals surface area contributed by atoms with Gasteiger partial charge in [-0.1, -0.05) is 0 Å². The van der Waals surface area contributed by atoms with Gasteiger partial charge in [-0.2, -0.15) is 21.6 Å². The predicted molar refractivity (Wildman–Crippen MR) is 110 cm³/mol. The van der Waals surface area contributed by atoms with E-state index in [-0.39, 0.29) is 22.0 Å². The molecule has 168 valence electrons. The molecule has 0 atom stereocenters. The lowest BCUT2D eigenvalue weighted by atomic mass is 9.99. The predicted octanol–water partition coefficient (Wildman–Crippen LogP) is 4.56. The highest BCUT2D eigenvalue weighted by atomic mass is 32.2. The topological polar surface area (TPSA) is 100 Å². The molecule has 0 saturated heterocycles. The van der Waals surface area contributed by atoms with Crippen molar-refractivity contribution in [3.8, 4) is 0 Å². The van der Waals surface area contributed by atoms with E-state index in [2.05, 4.69) is 20.1 Å². The van der Waals surface area contributed by atoms with Crippen molar-refractivity contribution < 1.29 is 26.1 Å². The molecule has 0 bridgehead atoms. The van der Waals surface area contributed by atoms with Crippen LogP contribution in [0.4, 0.5) is 30.5 Å². The number of anilines is 1. The summed E-state index contributed by atoms with van der Waals surface area (Å²) < 4.78 is 74.8. The molecule has 1 N–H and O–H groups in total. The normalized spacial score (nSPS) is 16.3. The zero-order chi connectivity index (χ0) is 22.8. The van der Waals surface area contributed by atoms with E-state index in [9.17, 15) is 26.1 Å². The minimum Gasteiger partial charge on any atom is -0.371 e. The molecule has 0 saturated carbocycles. The highest BCUT2D eigenvalue weighted by molar-refractivity contribution is 7.86. The van der Waals surface area contributed by atoms with Gasteiger partial charge in [0, 0.05) is 31.4 Å². The van der Waals surface area contributed by atoms with Crippen molar-refractivity contribution in [2.45, 2.75) is 30.3 Å². The van der Waals surface area contributed by atoms with Crippen molar-refractivity contribution >= 4 is 38.5 Å². The summed E-state index contributed by atoms with van der Waals surface area (Å²) in [6.45, 7) is 1.49. The lowest BCUT2D eigenvalue weighted by Gasteiger charge is -2.27. The van der Waals surface area contributed by atoms with Crippen molar-refractivity contribution in [3.63, 3.8) is 0 Å². The van der Waals surface area contributed by atoms with Gasteiger partial charge in [-0.3, -0.25) is 4.55 Å². The fourth-order valence-electron chi connectivity index (χ4n) is 4.52. The van der Waals surface area contributed by atoms with Gasteiger partial charge in [0.25, 0.3) is 10.1 Å². The lowest BCUT2D eigenvalue weighted by Crippen LogP contribution is -2.26. The van der Waals surface area contributed by atoms with E-state index in [1.807, 2.05) is 0 Å². The summed E-state index contributed by atoms with van der Waals surface area (Å²) >= 11 is 0. The maximum atomic E-state index is 13.0. The number of nitrogens with zero attached hydrogens (tertiary/aromatic N) is 5. The smallest absolute Gasteiger partial charge is 0.371 e. The van der Waals surface area contributed by atoms with Gasteiger partial charge in [0.05, 0.1) is 16.6 Å². The number of hydrogen-bond acceptors (Lipinski definition) is 6. The van der Waals surface area contributed by atoms with Crippen LogP contribution in [0.15, 0.2) is 39.4 Å². The van der Waals surface area contributed by atoms with Gasteiger partial charge >= 0.3 is 6.18 Å². The molecule has 3 heterocycles. The molecule has 2 aromatic carbocycles. The molecule has 0 amide bonds. The second-order valence-corrected chi connectivity index (χ2v) is 9.26. The average molecular weight is 465 g/mol. The summed E-state index contributed by atoms with van der Waals surface area (Å²) in [5.74, 6) is 0.0105. The molecule has 2 aliphatic heterocycles. The van der Waals surface area contributed by atoms with Gasteiger partial charge in [-0.15, -0.1) is 10.2 Å². The standard InChI is InChI=1S/C20H18F3N5O3S/c1-27-16-10-12(20(21,22)23)4-5-14(16)24-19(27)26-25-15-9-11-3-2-7-28-8-6-13(17(11)28)18(15)32(29,30)31/h4-5,9-10H,2-3,6-8H2,1H3,(H,29,30,31). The van der Waals surface area contributed by atoms with Crippen LogP contribution in [0.1, 0.15) is 23.1 Å². The number of aromatic nitrogens is 2. The number of azo groups is 1. The summed E-state index contributed by atoms with van der Waals surface area (Å²) in [6.07, 6.45) is -2.36. The first-order chi connectivity index (χ1) is 15.0. The Morgan fingerprint density at radius 1 is 1.12 bits per heavy atom. The molecule has 0 fully saturated rings. The molecule has 0 aliphatic carbocycles. The number of rotatable bonds is 3. The van der Waals surface area contributed by atoms with Gasteiger partial charge in [0.2, 0.25) is 5.95 Å². The molecular weight excluding hydrogens is 447 g/mol. The summed E-state index contributed by atoms with van der Waals surface area (Å²) in [6, 6.07) is 4.75. The number of fused-ring (bicyclic) bond motifs is 1. The molecule has 32 heavy (non-hydrogen) atoms. The summed E-state index contributed by atoms with van der Waals surface area (Å²) in [4.78, 5) is 6.02. The third-order valence-electron chi connectivity index (χ3n) is 5.92. The van der Waals surface area contributed by atoms with Crippen molar-refractivity contribution in [1.29, 1.82) is 0 Å². The second-order valence-electron chi connectivity index (χ2n) is 7.90. The van der Waals surface area contributed by atoms with E-state index >= 15 is 0 Å². The number of aryl methyl sites for hydroxylation is 2. The van der Waals surface area contributed by atoms with Crippen LogP contribution in [0.3, 0.4) is 0 Å². The Bertz CT molecular complexity index is 1400. The van der Waals surface area contributed by atoms with Gasteiger partial charge in [-0.05, 0) is 49.1 Å². The molecule has 0 unspecified atom stereocenters. The van der Waals surface area contributed by atoms with E-state index in [1.165, 1.54) is 17.7 Å². The Hall–Kier alpha value is -2.99. The van der Waals surface area contributed by atoms with Crippen molar-refractivity contribution in [2.24, 2.45) is 17.3 Å². The third-order valence-corrected chi connectivity index (χ3v) is 6.89. The maximum absolute atomic E-state index is 13.0. The van der Waals surface area contributed by atoms with Crippen molar-refractivity contribution in [1.82, 2.24) is 9.55 Å². The first-order valence-electron chi connectivity index (χ1n) is 9.90. The fourth-order valence-corrected chi connectivity index (χ4v) is 5.39. The van der Waals surface area contributed by atoms with E-state index < -0.39 is 21.9 Å². The number of benzene rings is 2. The number of imidazole rings is 1. The first-order valence-corrected chi connectivity index (χ1v) is 11.3. The number of hydrogen-bond donors (Lipinski definition) is 1. The maximum Gasteiger partial charge on any atom is 0.416 e. The second kappa shape index (κ2) is 7.01. The SMILES string of the molecule is Cn1c(N=Nc2cc3c4c(c2S(=O)(=O)O)CCN4CCC3)nc2ccc(C(F)(F)F)cc21. The van der Waals surface area contributed by atoms with Gasteiger partial charge in [0.1, 0.15) is 10.6 Å². The Labute approximate surface area is 181 Å². The number of halogens is 3. The van der Waals surface area contributed by atoms with Gasteiger partial charge in [-0.25, -0.2) is 4.98 Å². The Kier molecular flexibility index (Phi) is 4.57. The molecule has 0 spiro atoms. The van der Waals surface area contributed by atoms with Crippen molar-refractivity contribution in [3.05, 3.63) is 41.0 Å². The van der Waals surface area contributed by atoms with Crippen LogP contribution in [-0.4, -0.2) is 35.6 Å². The largest absolute Gasteiger partial charge is 0.416 e. The van der Waals surface area contributed by atoms with Gasteiger partial charge < -0.3 is 9.47 Å². The van der Waals surface area contributed by atoms with Crippen LogP contribution in [0.2, 0.25) is 0 Å². The van der Waals surface area contributed by atoms with E-state index in [1.54, 1.807) is 6.07 Å². The Balaban J connectivity index is 1.62. The average Bonchev–Trinajstić information content (AvgIpc) is 3.27. The quantitative estimate of drug-likeness (QED) is 0.451. The van der Waals surface area contributed by atoms with Crippen LogP contribution < -0.4 is 4.90 Å². The molecule has 12 heteroatoms. The first kappa shape index (κ1) is 20.9. The van der Waals surface area contributed by atoms with Crippen LogP contribution in [0.25, 0.3) is 11.0 Å². The van der Waals surface area contributed by atoms with Crippen LogP contribution >= 0.6 is 0 Å². The van der Waals surface area contributed by atoms with E-state index in [0.717, 1.165) is 42.8 Å². The molecule has 0 radical (unpaired) electrons. The fraction of sp³-hybridized carbons (Fsp3) is 0.350. The summed E-state index contributed by atoms with van der Waals surface area (Å²) in [5.41, 5.74) is 1.99. The minimum absolute atomic E-state index is 0.00645.